The predicted octanol–water partition coefficient (Wildman–Crippen LogP) is 3.94. The maximum Gasteiger partial charge on any atom is 0.274 e. The molecule has 1 aliphatic rings. The Hall–Kier alpha value is -3.61. The lowest BCUT2D eigenvalue weighted by Crippen LogP contribution is -2.17. The average molecular weight is 390 g/mol. The van der Waals surface area contributed by atoms with E-state index in [1.807, 2.05) is 49.4 Å². The van der Waals surface area contributed by atoms with Gasteiger partial charge in [0.15, 0.2) is 11.5 Å². The fraction of sp³-hybridized carbons (Fsp3) is 0.227. The van der Waals surface area contributed by atoms with Crippen LogP contribution in [0.25, 0.3) is 0 Å². The van der Waals surface area contributed by atoms with E-state index in [9.17, 15) is 4.79 Å². The van der Waals surface area contributed by atoms with E-state index in [-0.39, 0.29) is 12.7 Å². The molecule has 4 rings (SSSR count). The molecule has 2 N–H and O–H groups in total. The molecule has 2 heterocycles. The first-order chi connectivity index (χ1) is 14.1. The Morgan fingerprint density at radius 2 is 1.90 bits per heavy atom. The summed E-state index contributed by atoms with van der Waals surface area (Å²) in [6, 6.07) is 15.2. The summed E-state index contributed by atoms with van der Waals surface area (Å²) in [6.45, 7) is 4.63. The quantitative estimate of drug-likeness (QED) is 0.663. The first kappa shape index (κ1) is 18.7. The van der Waals surface area contributed by atoms with Crippen molar-refractivity contribution in [3.05, 3.63) is 71.0 Å². The van der Waals surface area contributed by atoms with Gasteiger partial charge < -0.3 is 20.1 Å². The monoisotopic (exact) mass is 390 g/mol. The average Bonchev–Trinajstić information content (AvgIpc) is 3.20. The molecule has 0 saturated carbocycles. The van der Waals surface area contributed by atoms with Crippen LogP contribution in [0.4, 0.5) is 11.6 Å². The minimum Gasteiger partial charge on any atom is -0.454 e. The number of nitrogens with zero attached hydrogens (tertiary/aromatic N) is 2. The number of aromatic nitrogens is 2. The summed E-state index contributed by atoms with van der Waals surface area (Å²) in [5.74, 6) is 1.61. The largest absolute Gasteiger partial charge is 0.454 e. The molecule has 0 atom stereocenters. The molecule has 2 aromatic carbocycles. The van der Waals surface area contributed by atoms with Crippen molar-refractivity contribution in [3.8, 4) is 11.5 Å². The number of para-hydroxylation sites is 1. The minimum atomic E-state index is -0.262. The van der Waals surface area contributed by atoms with Gasteiger partial charge in [0.25, 0.3) is 5.91 Å². The normalized spacial score (nSPS) is 11.9. The molecule has 29 heavy (non-hydrogen) atoms. The lowest BCUT2D eigenvalue weighted by atomic mass is 10.1. The highest BCUT2D eigenvalue weighted by atomic mass is 16.7. The second-order valence-electron chi connectivity index (χ2n) is 6.72. The van der Waals surface area contributed by atoms with Gasteiger partial charge in [0, 0.05) is 17.9 Å². The molecule has 0 radical (unpaired) electrons. The first-order valence-electron chi connectivity index (χ1n) is 9.49. The molecule has 0 unspecified atom stereocenters. The molecule has 1 amide bonds. The van der Waals surface area contributed by atoms with E-state index in [4.69, 9.17) is 9.47 Å². The van der Waals surface area contributed by atoms with Crippen LogP contribution >= 0.6 is 0 Å². The van der Waals surface area contributed by atoms with Gasteiger partial charge in [-0.05, 0) is 48.7 Å². The Morgan fingerprint density at radius 3 is 2.76 bits per heavy atom. The molecule has 148 valence electrons. The third kappa shape index (κ3) is 4.29. The topological polar surface area (TPSA) is 85.4 Å². The van der Waals surface area contributed by atoms with Crippen LogP contribution in [-0.4, -0.2) is 22.7 Å². The van der Waals surface area contributed by atoms with Crippen LogP contribution in [0.15, 0.2) is 48.5 Å². The maximum absolute atomic E-state index is 12.7. The van der Waals surface area contributed by atoms with Gasteiger partial charge in [0.1, 0.15) is 5.69 Å². The Morgan fingerprint density at radius 1 is 1.07 bits per heavy atom. The van der Waals surface area contributed by atoms with Gasteiger partial charge in [-0.25, -0.2) is 9.97 Å². The van der Waals surface area contributed by atoms with Crippen molar-refractivity contribution < 1.29 is 14.3 Å². The second-order valence-corrected chi connectivity index (χ2v) is 6.72. The number of carbonyl (C=O) groups excluding carboxylic acids is 1. The van der Waals surface area contributed by atoms with E-state index in [0.717, 1.165) is 34.7 Å². The predicted molar refractivity (Wildman–Crippen MR) is 110 cm³/mol. The summed E-state index contributed by atoms with van der Waals surface area (Å²) in [5, 5.41) is 6.12. The molecule has 0 saturated heterocycles. The summed E-state index contributed by atoms with van der Waals surface area (Å²) in [6.07, 6.45) is 0.835. The Bertz CT molecular complexity index is 1050. The van der Waals surface area contributed by atoms with Gasteiger partial charge >= 0.3 is 0 Å². The summed E-state index contributed by atoms with van der Waals surface area (Å²) in [7, 11) is 0. The number of rotatable bonds is 6. The molecular weight excluding hydrogens is 368 g/mol. The zero-order valence-electron chi connectivity index (χ0n) is 16.4. The third-order valence-corrected chi connectivity index (χ3v) is 4.62. The van der Waals surface area contributed by atoms with Gasteiger partial charge in [-0.2, -0.15) is 0 Å². The summed E-state index contributed by atoms with van der Waals surface area (Å²) in [5.41, 5.74) is 3.90. The van der Waals surface area contributed by atoms with E-state index in [1.165, 1.54) is 0 Å². The number of carbonyl (C=O) groups is 1. The van der Waals surface area contributed by atoms with Crippen LogP contribution in [0.5, 0.6) is 11.5 Å². The van der Waals surface area contributed by atoms with Crippen molar-refractivity contribution in [1.82, 2.24) is 9.97 Å². The number of hydrogen-bond donors (Lipinski definition) is 2. The molecule has 0 spiro atoms. The van der Waals surface area contributed by atoms with Gasteiger partial charge in [0.2, 0.25) is 12.7 Å². The smallest absolute Gasteiger partial charge is 0.274 e. The number of amides is 1. The van der Waals surface area contributed by atoms with E-state index in [1.54, 1.807) is 6.07 Å². The molecule has 7 heteroatoms. The molecule has 0 aliphatic carbocycles. The Labute approximate surface area is 169 Å². The van der Waals surface area contributed by atoms with E-state index >= 15 is 0 Å². The van der Waals surface area contributed by atoms with Gasteiger partial charge in [0.05, 0.1) is 0 Å². The highest BCUT2D eigenvalue weighted by molar-refractivity contribution is 6.03. The number of aryl methyl sites for hydroxylation is 2. The summed E-state index contributed by atoms with van der Waals surface area (Å²) in [4.78, 5) is 21.5. The van der Waals surface area contributed by atoms with Crippen LogP contribution in [0, 0.1) is 6.92 Å². The van der Waals surface area contributed by atoms with Gasteiger partial charge in [-0.15, -0.1) is 0 Å². The van der Waals surface area contributed by atoms with Crippen molar-refractivity contribution in [2.75, 3.05) is 17.4 Å². The van der Waals surface area contributed by atoms with Gasteiger partial charge in [-0.1, -0.05) is 31.2 Å². The summed E-state index contributed by atoms with van der Waals surface area (Å²) >= 11 is 0. The van der Waals surface area contributed by atoms with Crippen LogP contribution < -0.4 is 20.1 Å². The fourth-order valence-electron chi connectivity index (χ4n) is 3.13. The first-order valence-corrected chi connectivity index (χ1v) is 9.49. The van der Waals surface area contributed by atoms with E-state index in [0.29, 0.717) is 23.9 Å². The zero-order valence-corrected chi connectivity index (χ0v) is 16.4. The lowest BCUT2D eigenvalue weighted by molar-refractivity contribution is 0.102. The molecule has 0 fully saturated rings. The van der Waals surface area contributed by atoms with Crippen molar-refractivity contribution in [2.45, 2.75) is 26.8 Å². The lowest BCUT2D eigenvalue weighted by Gasteiger charge is -2.11. The minimum absolute atomic E-state index is 0.243. The standard InChI is InChI=1S/C22H22N4O3/c1-3-16-6-4-5-7-17(16)25-21(27)18-10-14(2)24-22(26-18)23-12-15-8-9-19-20(11-15)29-13-28-19/h4-11H,3,12-13H2,1-2H3,(H,25,27)(H,23,24,26). The molecule has 7 nitrogen and oxygen atoms in total. The van der Waals surface area contributed by atoms with E-state index in [2.05, 4.69) is 27.5 Å². The number of nitrogens with one attached hydrogen (secondary N) is 2. The molecule has 1 aromatic heterocycles. The van der Waals surface area contributed by atoms with Crippen LogP contribution in [0.2, 0.25) is 0 Å². The Balaban J connectivity index is 1.47. The second kappa shape index (κ2) is 8.18. The van der Waals surface area contributed by atoms with Crippen LogP contribution in [0.1, 0.15) is 34.2 Å². The Kier molecular flexibility index (Phi) is 5.29. The van der Waals surface area contributed by atoms with Crippen LogP contribution in [0.3, 0.4) is 0 Å². The van der Waals surface area contributed by atoms with Crippen molar-refractivity contribution in [3.63, 3.8) is 0 Å². The highest BCUT2D eigenvalue weighted by Crippen LogP contribution is 2.32. The summed E-state index contributed by atoms with van der Waals surface area (Å²) < 4.78 is 10.7. The number of hydrogen-bond acceptors (Lipinski definition) is 6. The number of fused-ring (bicyclic) bond motifs is 1. The van der Waals surface area contributed by atoms with E-state index < -0.39 is 0 Å². The van der Waals surface area contributed by atoms with Crippen molar-refractivity contribution >= 4 is 17.5 Å². The van der Waals surface area contributed by atoms with Crippen molar-refractivity contribution in [1.29, 1.82) is 0 Å². The van der Waals surface area contributed by atoms with Crippen molar-refractivity contribution in [2.24, 2.45) is 0 Å². The molecule has 1 aliphatic heterocycles. The molecular formula is C22H22N4O3. The van der Waals surface area contributed by atoms with Gasteiger partial charge in [-0.3, -0.25) is 4.79 Å². The highest BCUT2D eigenvalue weighted by Gasteiger charge is 2.15. The maximum atomic E-state index is 12.7. The SMILES string of the molecule is CCc1ccccc1NC(=O)c1cc(C)nc(NCc2ccc3c(c2)OCO3)n1. The number of anilines is 2. The molecule has 0 bridgehead atoms. The van der Waals surface area contributed by atoms with Crippen LogP contribution in [-0.2, 0) is 13.0 Å². The third-order valence-electron chi connectivity index (χ3n) is 4.62. The number of ether oxygens (including phenoxy) is 2. The number of benzene rings is 2. The fourth-order valence-corrected chi connectivity index (χ4v) is 3.13. The molecule has 3 aromatic rings. The zero-order chi connectivity index (χ0) is 20.2.